The predicted octanol–water partition coefficient (Wildman–Crippen LogP) is 3.62. The highest BCUT2D eigenvalue weighted by molar-refractivity contribution is 5.99. The molecule has 3 heterocycles. The number of rotatable bonds is 8. The van der Waals surface area contributed by atoms with Gasteiger partial charge in [0.2, 0.25) is 5.91 Å². The second kappa shape index (κ2) is 11.2. The van der Waals surface area contributed by atoms with Gasteiger partial charge < -0.3 is 15.1 Å². The van der Waals surface area contributed by atoms with Crippen LogP contribution in [0.2, 0.25) is 0 Å². The van der Waals surface area contributed by atoms with E-state index in [1.165, 1.54) is 19.3 Å². The number of hydrogen-bond acceptors (Lipinski definition) is 4. The third-order valence-electron chi connectivity index (χ3n) is 6.08. The van der Waals surface area contributed by atoms with Crippen LogP contribution < -0.4 is 10.2 Å². The van der Waals surface area contributed by atoms with Gasteiger partial charge in [0.1, 0.15) is 5.82 Å². The van der Waals surface area contributed by atoms with E-state index in [0.717, 1.165) is 64.0 Å². The fourth-order valence-corrected chi connectivity index (χ4v) is 4.38. The SMILES string of the molecule is CCCCCCNC(=O)C1CCCN(C(=O)c2cccnc2N2CCCCC2)C1. The monoisotopic (exact) mass is 400 g/mol. The number of likely N-dealkylation sites (tertiary alicyclic amines) is 1. The number of aromatic nitrogens is 1. The van der Waals surface area contributed by atoms with Crippen LogP contribution in [0.15, 0.2) is 18.3 Å². The van der Waals surface area contributed by atoms with Crippen LogP contribution in [0.25, 0.3) is 0 Å². The van der Waals surface area contributed by atoms with Crippen molar-refractivity contribution < 1.29 is 9.59 Å². The molecule has 2 saturated heterocycles. The van der Waals surface area contributed by atoms with Crippen molar-refractivity contribution in [2.75, 3.05) is 37.6 Å². The Morgan fingerprint density at radius 3 is 2.72 bits per heavy atom. The standard InChI is InChI=1S/C23H36N4O2/c1-2-3-4-6-13-25-22(28)19-11-10-17-27(18-19)23(29)20-12-9-14-24-21(20)26-15-7-5-8-16-26/h9,12,14,19H,2-8,10-11,13,15-18H2,1H3,(H,25,28). The summed E-state index contributed by atoms with van der Waals surface area (Å²) in [5, 5.41) is 3.08. The molecule has 3 rings (SSSR count). The molecular formula is C23H36N4O2. The second-order valence-electron chi connectivity index (χ2n) is 8.36. The summed E-state index contributed by atoms with van der Waals surface area (Å²) in [6.45, 7) is 6.07. The second-order valence-corrected chi connectivity index (χ2v) is 8.36. The van der Waals surface area contributed by atoms with Crippen molar-refractivity contribution >= 4 is 17.6 Å². The van der Waals surface area contributed by atoms with E-state index in [4.69, 9.17) is 0 Å². The molecule has 1 N–H and O–H groups in total. The molecule has 1 aromatic rings. The van der Waals surface area contributed by atoms with Gasteiger partial charge in [-0.2, -0.15) is 0 Å². The molecule has 2 aliphatic rings. The average Bonchev–Trinajstić information content (AvgIpc) is 2.79. The van der Waals surface area contributed by atoms with Gasteiger partial charge in [-0.05, 0) is 50.7 Å². The third kappa shape index (κ3) is 5.94. The van der Waals surface area contributed by atoms with Gasteiger partial charge in [0.05, 0.1) is 11.5 Å². The summed E-state index contributed by atoms with van der Waals surface area (Å²) in [6.07, 6.45) is 11.6. The summed E-state index contributed by atoms with van der Waals surface area (Å²) in [5.74, 6) is 0.814. The van der Waals surface area contributed by atoms with Gasteiger partial charge in [0.25, 0.3) is 5.91 Å². The first-order valence-corrected chi connectivity index (χ1v) is 11.5. The summed E-state index contributed by atoms with van der Waals surface area (Å²) in [5.41, 5.74) is 0.676. The quantitative estimate of drug-likeness (QED) is 0.677. The zero-order chi connectivity index (χ0) is 20.5. The van der Waals surface area contributed by atoms with Crippen molar-refractivity contribution in [1.29, 1.82) is 0 Å². The number of nitrogens with one attached hydrogen (secondary N) is 1. The lowest BCUT2D eigenvalue weighted by atomic mass is 9.96. The topological polar surface area (TPSA) is 65.5 Å². The Hall–Kier alpha value is -2.11. The first kappa shape index (κ1) is 21.6. The van der Waals surface area contributed by atoms with E-state index in [1.54, 1.807) is 6.20 Å². The van der Waals surface area contributed by atoms with Gasteiger partial charge in [0, 0.05) is 38.9 Å². The number of carbonyl (C=O) groups is 2. The molecule has 160 valence electrons. The maximum atomic E-state index is 13.3. The van der Waals surface area contributed by atoms with Crippen molar-refractivity contribution in [1.82, 2.24) is 15.2 Å². The maximum Gasteiger partial charge on any atom is 0.257 e. The average molecular weight is 401 g/mol. The van der Waals surface area contributed by atoms with Crippen LogP contribution in [-0.4, -0.2) is 54.4 Å². The van der Waals surface area contributed by atoms with Crippen LogP contribution >= 0.6 is 0 Å². The van der Waals surface area contributed by atoms with E-state index in [1.807, 2.05) is 17.0 Å². The summed E-state index contributed by atoms with van der Waals surface area (Å²) < 4.78 is 0. The highest BCUT2D eigenvalue weighted by Gasteiger charge is 2.30. The van der Waals surface area contributed by atoms with Crippen LogP contribution in [0.3, 0.4) is 0 Å². The van der Waals surface area contributed by atoms with Gasteiger partial charge in [-0.25, -0.2) is 4.98 Å². The number of hydrogen-bond donors (Lipinski definition) is 1. The zero-order valence-electron chi connectivity index (χ0n) is 17.9. The minimum atomic E-state index is -0.103. The summed E-state index contributed by atoms with van der Waals surface area (Å²) in [6, 6.07) is 3.72. The fraction of sp³-hybridized carbons (Fsp3) is 0.696. The smallest absolute Gasteiger partial charge is 0.257 e. The highest BCUT2D eigenvalue weighted by atomic mass is 16.2. The molecule has 6 nitrogen and oxygen atoms in total. The molecule has 0 spiro atoms. The van der Waals surface area contributed by atoms with Gasteiger partial charge in [-0.15, -0.1) is 0 Å². The van der Waals surface area contributed by atoms with Gasteiger partial charge in [-0.1, -0.05) is 26.2 Å². The number of carbonyl (C=O) groups excluding carboxylic acids is 2. The fourth-order valence-electron chi connectivity index (χ4n) is 4.38. The van der Waals surface area contributed by atoms with Crippen molar-refractivity contribution in [3.63, 3.8) is 0 Å². The number of nitrogens with zero attached hydrogens (tertiary/aromatic N) is 3. The van der Waals surface area contributed by atoms with Gasteiger partial charge in [-0.3, -0.25) is 9.59 Å². The Morgan fingerprint density at radius 1 is 1.10 bits per heavy atom. The van der Waals surface area contributed by atoms with Gasteiger partial charge >= 0.3 is 0 Å². The lowest BCUT2D eigenvalue weighted by Gasteiger charge is -2.34. The van der Waals surface area contributed by atoms with Crippen molar-refractivity contribution in [2.45, 2.75) is 64.7 Å². The molecule has 0 aromatic carbocycles. The maximum absolute atomic E-state index is 13.3. The van der Waals surface area contributed by atoms with Crippen LogP contribution in [-0.2, 0) is 4.79 Å². The van der Waals surface area contributed by atoms with Crippen LogP contribution in [0, 0.1) is 5.92 Å². The Bertz CT molecular complexity index is 673. The minimum absolute atomic E-state index is 0.0131. The Morgan fingerprint density at radius 2 is 1.93 bits per heavy atom. The number of unbranched alkanes of at least 4 members (excludes halogenated alkanes) is 3. The largest absolute Gasteiger partial charge is 0.356 e. The highest BCUT2D eigenvalue weighted by Crippen LogP contribution is 2.25. The Kier molecular flexibility index (Phi) is 8.32. The first-order valence-electron chi connectivity index (χ1n) is 11.5. The summed E-state index contributed by atoms with van der Waals surface area (Å²) in [7, 11) is 0. The van der Waals surface area contributed by atoms with E-state index in [9.17, 15) is 9.59 Å². The van der Waals surface area contributed by atoms with E-state index >= 15 is 0 Å². The number of piperidine rings is 2. The molecule has 1 atom stereocenters. The lowest BCUT2D eigenvalue weighted by molar-refractivity contribution is -0.126. The Labute approximate surface area is 175 Å². The van der Waals surface area contributed by atoms with Gasteiger partial charge in [0.15, 0.2) is 0 Å². The molecule has 0 aliphatic carbocycles. The molecule has 2 amide bonds. The Balaban J connectivity index is 1.59. The molecule has 0 saturated carbocycles. The van der Waals surface area contributed by atoms with Crippen LogP contribution in [0.1, 0.15) is 75.1 Å². The molecule has 1 unspecified atom stereocenters. The molecule has 0 bridgehead atoms. The molecule has 1 aromatic heterocycles. The first-order chi connectivity index (χ1) is 14.2. The molecule has 2 fully saturated rings. The van der Waals surface area contributed by atoms with E-state index < -0.39 is 0 Å². The number of pyridine rings is 1. The normalized spacial score (nSPS) is 19.8. The zero-order valence-corrected chi connectivity index (χ0v) is 17.9. The minimum Gasteiger partial charge on any atom is -0.356 e. The number of anilines is 1. The molecule has 29 heavy (non-hydrogen) atoms. The summed E-state index contributed by atoms with van der Waals surface area (Å²) >= 11 is 0. The molecular weight excluding hydrogens is 364 g/mol. The van der Waals surface area contributed by atoms with Crippen molar-refractivity contribution in [3.8, 4) is 0 Å². The molecule has 2 aliphatic heterocycles. The van der Waals surface area contributed by atoms with Crippen molar-refractivity contribution in [3.05, 3.63) is 23.9 Å². The molecule has 0 radical (unpaired) electrons. The van der Waals surface area contributed by atoms with Crippen molar-refractivity contribution in [2.24, 2.45) is 5.92 Å². The van der Waals surface area contributed by atoms with Crippen LogP contribution in [0.4, 0.5) is 5.82 Å². The van der Waals surface area contributed by atoms with E-state index in [2.05, 4.69) is 22.1 Å². The number of amides is 2. The predicted molar refractivity (Wildman–Crippen MR) is 116 cm³/mol. The molecule has 6 heteroatoms. The van der Waals surface area contributed by atoms with Crippen LogP contribution in [0.5, 0.6) is 0 Å². The third-order valence-corrected chi connectivity index (χ3v) is 6.08. The lowest BCUT2D eigenvalue weighted by Crippen LogP contribution is -2.46. The summed E-state index contributed by atoms with van der Waals surface area (Å²) in [4.78, 5) is 34.5. The van der Waals surface area contributed by atoms with E-state index in [-0.39, 0.29) is 17.7 Å². The van der Waals surface area contributed by atoms with E-state index in [0.29, 0.717) is 18.7 Å².